The van der Waals surface area contributed by atoms with Crippen molar-refractivity contribution in [2.75, 3.05) is 0 Å². The minimum atomic E-state index is 0.231. The maximum Gasteiger partial charge on any atom is 0.0155 e. The van der Waals surface area contributed by atoms with Crippen LogP contribution in [0.4, 0.5) is 0 Å². The van der Waals surface area contributed by atoms with Gasteiger partial charge >= 0.3 is 0 Å². The first-order valence-corrected chi connectivity index (χ1v) is 5.11. The van der Waals surface area contributed by atoms with Gasteiger partial charge in [-0.1, -0.05) is 30.3 Å². The average Bonchev–Trinajstić information content (AvgIpc) is 2.86. The van der Waals surface area contributed by atoms with Crippen LogP contribution < -0.4 is 5.73 Å². The summed E-state index contributed by atoms with van der Waals surface area (Å²) in [5, 5.41) is 0. The Morgan fingerprint density at radius 3 is 2.46 bits per heavy atom. The molecule has 1 aromatic rings. The van der Waals surface area contributed by atoms with Gasteiger partial charge in [0.2, 0.25) is 0 Å². The highest BCUT2D eigenvalue weighted by Gasteiger charge is 2.36. The zero-order valence-electron chi connectivity index (χ0n) is 8.00. The lowest BCUT2D eigenvalue weighted by atomic mass is 10.0. The molecule has 0 saturated heterocycles. The van der Waals surface area contributed by atoms with Crippen LogP contribution in [-0.4, -0.2) is 5.54 Å². The smallest absolute Gasteiger partial charge is 0.0155 e. The van der Waals surface area contributed by atoms with Crippen LogP contribution in [0.1, 0.15) is 31.2 Å². The molecule has 0 atom stereocenters. The van der Waals surface area contributed by atoms with E-state index in [2.05, 4.69) is 30.3 Å². The van der Waals surface area contributed by atoms with Gasteiger partial charge in [0.05, 0.1) is 0 Å². The Morgan fingerprint density at radius 2 is 1.85 bits per heavy atom. The molecule has 0 spiro atoms. The molecule has 0 amide bonds. The zero-order valence-corrected chi connectivity index (χ0v) is 8.00. The van der Waals surface area contributed by atoms with Crippen LogP contribution in [0.5, 0.6) is 0 Å². The first-order chi connectivity index (χ1) is 6.29. The van der Waals surface area contributed by atoms with E-state index in [-0.39, 0.29) is 5.54 Å². The van der Waals surface area contributed by atoms with Gasteiger partial charge in [0.25, 0.3) is 0 Å². The number of hydrogen-bond donors (Lipinski definition) is 1. The monoisotopic (exact) mass is 175 g/mol. The SMILES string of the molecule is NC1(CCCc2ccccc2)CC1. The van der Waals surface area contributed by atoms with Crippen LogP contribution in [0.25, 0.3) is 0 Å². The van der Waals surface area contributed by atoms with Crippen molar-refractivity contribution in [1.29, 1.82) is 0 Å². The summed E-state index contributed by atoms with van der Waals surface area (Å²) in [5.74, 6) is 0. The summed E-state index contributed by atoms with van der Waals surface area (Å²) in [5.41, 5.74) is 7.68. The molecule has 1 saturated carbocycles. The lowest BCUT2D eigenvalue weighted by molar-refractivity contribution is 0.576. The molecule has 2 rings (SSSR count). The van der Waals surface area contributed by atoms with Gasteiger partial charge in [-0.2, -0.15) is 0 Å². The fraction of sp³-hybridized carbons (Fsp3) is 0.500. The summed E-state index contributed by atoms with van der Waals surface area (Å²) in [4.78, 5) is 0. The van der Waals surface area contributed by atoms with Gasteiger partial charge in [-0.25, -0.2) is 0 Å². The third kappa shape index (κ3) is 2.56. The van der Waals surface area contributed by atoms with Gasteiger partial charge < -0.3 is 5.73 Å². The molecule has 0 bridgehead atoms. The summed E-state index contributed by atoms with van der Waals surface area (Å²) in [6.45, 7) is 0. The van der Waals surface area contributed by atoms with Crippen LogP contribution >= 0.6 is 0 Å². The summed E-state index contributed by atoms with van der Waals surface area (Å²) >= 11 is 0. The zero-order chi connectivity index (χ0) is 9.15. The van der Waals surface area contributed by atoms with Crippen molar-refractivity contribution >= 4 is 0 Å². The second-order valence-corrected chi connectivity index (χ2v) is 4.20. The minimum Gasteiger partial charge on any atom is -0.325 e. The summed E-state index contributed by atoms with van der Waals surface area (Å²) in [6, 6.07) is 10.6. The Bertz CT molecular complexity index is 262. The average molecular weight is 175 g/mol. The molecule has 1 aromatic carbocycles. The number of benzene rings is 1. The lowest BCUT2D eigenvalue weighted by Gasteiger charge is -2.07. The predicted molar refractivity (Wildman–Crippen MR) is 55.5 cm³/mol. The van der Waals surface area contributed by atoms with Crippen molar-refractivity contribution in [3.63, 3.8) is 0 Å². The summed E-state index contributed by atoms with van der Waals surface area (Å²) in [7, 11) is 0. The van der Waals surface area contributed by atoms with Crippen LogP contribution in [0.15, 0.2) is 30.3 Å². The second kappa shape index (κ2) is 3.51. The first-order valence-electron chi connectivity index (χ1n) is 5.11. The van der Waals surface area contributed by atoms with Crippen LogP contribution in [-0.2, 0) is 6.42 Å². The normalized spacial score (nSPS) is 18.5. The first kappa shape index (κ1) is 8.76. The highest BCUT2D eigenvalue weighted by Crippen LogP contribution is 2.36. The van der Waals surface area contributed by atoms with Crippen LogP contribution in [0.3, 0.4) is 0 Å². The fourth-order valence-corrected chi connectivity index (χ4v) is 1.70. The Balaban J connectivity index is 1.74. The number of rotatable bonds is 4. The van der Waals surface area contributed by atoms with Gasteiger partial charge in [0.1, 0.15) is 0 Å². The van der Waals surface area contributed by atoms with E-state index in [9.17, 15) is 0 Å². The topological polar surface area (TPSA) is 26.0 Å². The van der Waals surface area contributed by atoms with E-state index in [0.29, 0.717) is 0 Å². The quantitative estimate of drug-likeness (QED) is 0.747. The maximum atomic E-state index is 6.01. The van der Waals surface area contributed by atoms with E-state index in [1.165, 1.54) is 37.7 Å². The molecule has 0 radical (unpaired) electrons. The minimum absolute atomic E-state index is 0.231. The Morgan fingerprint density at radius 1 is 1.15 bits per heavy atom. The van der Waals surface area contributed by atoms with Crippen molar-refractivity contribution in [3.8, 4) is 0 Å². The number of hydrogen-bond acceptors (Lipinski definition) is 1. The molecule has 2 N–H and O–H groups in total. The van der Waals surface area contributed by atoms with E-state index in [1.807, 2.05) is 0 Å². The van der Waals surface area contributed by atoms with Gasteiger partial charge in [0.15, 0.2) is 0 Å². The van der Waals surface area contributed by atoms with Gasteiger partial charge in [-0.3, -0.25) is 0 Å². The Kier molecular flexibility index (Phi) is 2.36. The molecule has 0 aromatic heterocycles. The van der Waals surface area contributed by atoms with Crippen molar-refractivity contribution < 1.29 is 0 Å². The highest BCUT2D eigenvalue weighted by molar-refractivity contribution is 5.14. The van der Waals surface area contributed by atoms with Gasteiger partial charge in [-0.15, -0.1) is 0 Å². The molecule has 1 aliphatic carbocycles. The van der Waals surface area contributed by atoms with Crippen LogP contribution in [0, 0.1) is 0 Å². The molecular weight excluding hydrogens is 158 g/mol. The largest absolute Gasteiger partial charge is 0.325 e. The fourth-order valence-electron chi connectivity index (χ4n) is 1.70. The molecule has 0 unspecified atom stereocenters. The summed E-state index contributed by atoms with van der Waals surface area (Å²) in [6.07, 6.45) is 6.09. The van der Waals surface area contributed by atoms with Crippen molar-refractivity contribution in [1.82, 2.24) is 0 Å². The van der Waals surface area contributed by atoms with Crippen molar-refractivity contribution in [3.05, 3.63) is 35.9 Å². The Hall–Kier alpha value is -0.820. The lowest BCUT2D eigenvalue weighted by Crippen LogP contribution is -2.21. The third-order valence-corrected chi connectivity index (χ3v) is 2.88. The number of aryl methyl sites for hydroxylation is 1. The maximum absolute atomic E-state index is 6.01. The highest BCUT2D eigenvalue weighted by atomic mass is 14.8. The third-order valence-electron chi connectivity index (χ3n) is 2.88. The number of nitrogens with two attached hydrogens (primary N) is 1. The summed E-state index contributed by atoms with van der Waals surface area (Å²) < 4.78 is 0. The molecular formula is C12H17N. The second-order valence-electron chi connectivity index (χ2n) is 4.20. The molecule has 70 valence electrons. The van der Waals surface area contributed by atoms with Gasteiger partial charge in [-0.05, 0) is 37.7 Å². The van der Waals surface area contributed by atoms with Gasteiger partial charge in [0, 0.05) is 5.54 Å². The molecule has 1 fully saturated rings. The van der Waals surface area contributed by atoms with E-state index < -0.39 is 0 Å². The molecule has 0 aliphatic heterocycles. The van der Waals surface area contributed by atoms with E-state index in [4.69, 9.17) is 5.73 Å². The van der Waals surface area contributed by atoms with Crippen LogP contribution in [0.2, 0.25) is 0 Å². The van der Waals surface area contributed by atoms with E-state index in [1.54, 1.807) is 0 Å². The predicted octanol–water partition coefficient (Wildman–Crippen LogP) is 2.50. The van der Waals surface area contributed by atoms with E-state index in [0.717, 1.165) is 0 Å². The molecule has 1 aliphatic rings. The molecule has 1 nitrogen and oxygen atoms in total. The molecule has 13 heavy (non-hydrogen) atoms. The van der Waals surface area contributed by atoms with Crippen molar-refractivity contribution in [2.24, 2.45) is 5.73 Å². The Labute approximate surface area is 80.0 Å². The van der Waals surface area contributed by atoms with E-state index >= 15 is 0 Å². The van der Waals surface area contributed by atoms with Crippen molar-refractivity contribution in [2.45, 2.75) is 37.6 Å². The molecule has 0 heterocycles. The molecule has 1 heteroatoms. The standard InChI is InChI=1S/C12H17N/c13-12(9-10-12)8-4-7-11-5-2-1-3-6-11/h1-3,5-6H,4,7-10,13H2.